The van der Waals surface area contributed by atoms with Crippen molar-refractivity contribution in [2.24, 2.45) is 0 Å². The Balaban J connectivity index is 2.09. The van der Waals surface area contributed by atoms with Gasteiger partial charge in [-0.3, -0.25) is 9.78 Å². The minimum Gasteiger partial charge on any atom is -0.354 e. The van der Waals surface area contributed by atoms with E-state index in [0.717, 1.165) is 12.1 Å². The second-order valence-electron chi connectivity index (χ2n) is 4.35. The summed E-state index contributed by atoms with van der Waals surface area (Å²) >= 11 is 0. The smallest absolute Gasteiger partial charge is 0.252 e. The zero-order valence-corrected chi connectivity index (χ0v) is 11.2. The monoisotopic (exact) mass is 273 g/mol. The molecule has 0 aliphatic rings. The number of amides is 1. The Kier molecular flexibility index (Phi) is 4.65. The molecule has 0 spiro atoms. The number of nitrogens with one attached hydrogen (secondary N) is 2. The predicted molar refractivity (Wildman–Crippen MR) is 76.5 cm³/mol. The van der Waals surface area contributed by atoms with E-state index < -0.39 is 0 Å². The van der Waals surface area contributed by atoms with Gasteiger partial charge in [0.2, 0.25) is 0 Å². The number of anilines is 2. The molecule has 2 rings (SSSR count). The molecule has 2 N–H and O–H groups in total. The molecule has 1 heterocycles. The second kappa shape index (κ2) is 6.65. The number of halogens is 1. The molecule has 0 radical (unpaired) electrons. The average Bonchev–Trinajstić information content (AvgIpc) is 2.47. The van der Waals surface area contributed by atoms with Crippen molar-refractivity contribution in [1.29, 1.82) is 0 Å². The first-order chi connectivity index (χ1) is 9.69. The fourth-order valence-corrected chi connectivity index (χ4v) is 1.67. The van der Waals surface area contributed by atoms with Crippen molar-refractivity contribution in [2.75, 3.05) is 11.9 Å². The van der Waals surface area contributed by atoms with Gasteiger partial charge in [-0.1, -0.05) is 6.92 Å². The summed E-state index contributed by atoms with van der Waals surface area (Å²) in [7, 11) is 0. The lowest BCUT2D eigenvalue weighted by atomic mass is 10.2. The van der Waals surface area contributed by atoms with Gasteiger partial charge >= 0.3 is 0 Å². The summed E-state index contributed by atoms with van der Waals surface area (Å²) in [6, 6.07) is 7.70. The number of benzene rings is 1. The van der Waals surface area contributed by atoms with Crippen LogP contribution in [0, 0.1) is 5.82 Å². The lowest BCUT2D eigenvalue weighted by Crippen LogP contribution is -2.24. The molecule has 104 valence electrons. The quantitative estimate of drug-likeness (QED) is 0.880. The number of aromatic nitrogens is 1. The van der Waals surface area contributed by atoms with E-state index in [0.29, 0.717) is 17.8 Å². The minimum absolute atomic E-state index is 0.151. The van der Waals surface area contributed by atoms with Crippen molar-refractivity contribution in [2.45, 2.75) is 13.3 Å². The Morgan fingerprint density at radius 2 is 1.95 bits per heavy atom. The van der Waals surface area contributed by atoms with Gasteiger partial charge in [-0.15, -0.1) is 0 Å². The standard InChI is InChI=1S/C15H16FN3O/c1-2-7-18-15(20)11-8-14(10-17-9-11)19-13-5-3-12(16)4-6-13/h3-6,8-10,19H,2,7H2,1H3,(H,18,20). The van der Waals surface area contributed by atoms with Crippen molar-refractivity contribution in [1.82, 2.24) is 10.3 Å². The highest BCUT2D eigenvalue weighted by Crippen LogP contribution is 2.17. The number of hydrogen-bond acceptors (Lipinski definition) is 3. The largest absolute Gasteiger partial charge is 0.354 e. The van der Waals surface area contributed by atoms with E-state index in [1.54, 1.807) is 24.4 Å². The third kappa shape index (κ3) is 3.78. The van der Waals surface area contributed by atoms with Crippen LogP contribution in [-0.4, -0.2) is 17.4 Å². The van der Waals surface area contributed by atoms with Crippen LogP contribution in [0.15, 0.2) is 42.7 Å². The molecule has 0 bridgehead atoms. The molecule has 0 saturated heterocycles. The normalized spacial score (nSPS) is 10.1. The van der Waals surface area contributed by atoms with Crippen molar-refractivity contribution < 1.29 is 9.18 Å². The Labute approximate surface area is 117 Å². The molecule has 0 unspecified atom stereocenters. The third-order valence-electron chi connectivity index (χ3n) is 2.67. The molecule has 0 atom stereocenters. The highest BCUT2D eigenvalue weighted by atomic mass is 19.1. The Hall–Kier alpha value is -2.43. The van der Waals surface area contributed by atoms with Gasteiger partial charge in [0.05, 0.1) is 17.4 Å². The highest BCUT2D eigenvalue weighted by Gasteiger charge is 2.06. The summed E-state index contributed by atoms with van der Waals surface area (Å²) < 4.78 is 12.8. The van der Waals surface area contributed by atoms with Crippen molar-refractivity contribution in [3.8, 4) is 0 Å². The Bertz CT molecular complexity index is 584. The molecule has 5 heteroatoms. The third-order valence-corrected chi connectivity index (χ3v) is 2.67. The average molecular weight is 273 g/mol. The van der Waals surface area contributed by atoms with Gasteiger partial charge in [0.15, 0.2) is 0 Å². The van der Waals surface area contributed by atoms with Crippen LogP contribution in [0.2, 0.25) is 0 Å². The fourth-order valence-electron chi connectivity index (χ4n) is 1.67. The summed E-state index contributed by atoms with van der Waals surface area (Å²) in [4.78, 5) is 15.9. The first kappa shape index (κ1) is 14.0. The molecule has 0 aliphatic heterocycles. The second-order valence-corrected chi connectivity index (χ2v) is 4.35. The molecule has 1 aromatic heterocycles. The summed E-state index contributed by atoms with van der Waals surface area (Å²) in [5.41, 5.74) is 1.91. The lowest BCUT2D eigenvalue weighted by molar-refractivity contribution is 0.0953. The summed E-state index contributed by atoms with van der Waals surface area (Å²) in [5.74, 6) is -0.441. The SMILES string of the molecule is CCCNC(=O)c1cncc(Nc2ccc(F)cc2)c1. The van der Waals surface area contributed by atoms with Crippen LogP contribution in [0.5, 0.6) is 0 Å². The molecule has 0 aliphatic carbocycles. The van der Waals surface area contributed by atoms with E-state index in [1.165, 1.54) is 18.3 Å². The number of carbonyl (C=O) groups excluding carboxylic acids is 1. The van der Waals surface area contributed by atoms with Crippen LogP contribution in [0.1, 0.15) is 23.7 Å². The molecule has 0 saturated carbocycles. The molecule has 2 aromatic rings. The van der Waals surface area contributed by atoms with Gasteiger partial charge in [-0.25, -0.2) is 4.39 Å². The van der Waals surface area contributed by atoms with Crippen LogP contribution in [0.4, 0.5) is 15.8 Å². The van der Waals surface area contributed by atoms with Gasteiger partial charge in [0, 0.05) is 18.4 Å². The highest BCUT2D eigenvalue weighted by molar-refractivity contribution is 5.94. The number of rotatable bonds is 5. The zero-order valence-electron chi connectivity index (χ0n) is 11.2. The molecular weight excluding hydrogens is 257 g/mol. The van der Waals surface area contributed by atoms with Crippen LogP contribution < -0.4 is 10.6 Å². The molecule has 0 fully saturated rings. The fraction of sp³-hybridized carbons (Fsp3) is 0.200. The topological polar surface area (TPSA) is 54.0 Å². The molecule has 4 nitrogen and oxygen atoms in total. The van der Waals surface area contributed by atoms with Crippen molar-refractivity contribution >= 4 is 17.3 Å². The summed E-state index contributed by atoms with van der Waals surface area (Å²) in [6.07, 6.45) is 4.01. The van der Waals surface area contributed by atoms with Crippen LogP contribution in [0.25, 0.3) is 0 Å². The van der Waals surface area contributed by atoms with E-state index in [-0.39, 0.29) is 11.7 Å². The number of nitrogens with zero attached hydrogens (tertiary/aromatic N) is 1. The van der Waals surface area contributed by atoms with Crippen molar-refractivity contribution in [3.05, 3.63) is 54.1 Å². The van der Waals surface area contributed by atoms with Gasteiger partial charge in [-0.05, 0) is 36.8 Å². The van der Waals surface area contributed by atoms with Gasteiger partial charge in [0.1, 0.15) is 5.82 Å². The van der Waals surface area contributed by atoms with E-state index in [9.17, 15) is 9.18 Å². The molecular formula is C15H16FN3O. The van der Waals surface area contributed by atoms with Crippen molar-refractivity contribution in [3.63, 3.8) is 0 Å². The predicted octanol–water partition coefficient (Wildman–Crippen LogP) is 3.10. The van der Waals surface area contributed by atoms with Crippen LogP contribution >= 0.6 is 0 Å². The van der Waals surface area contributed by atoms with E-state index >= 15 is 0 Å². The first-order valence-electron chi connectivity index (χ1n) is 6.45. The number of carbonyl (C=O) groups is 1. The molecule has 1 aromatic carbocycles. The Morgan fingerprint density at radius 1 is 1.20 bits per heavy atom. The van der Waals surface area contributed by atoms with Gasteiger partial charge in [-0.2, -0.15) is 0 Å². The van der Waals surface area contributed by atoms with Gasteiger partial charge < -0.3 is 10.6 Å². The van der Waals surface area contributed by atoms with Crippen LogP contribution in [-0.2, 0) is 0 Å². The zero-order chi connectivity index (χ0) is 14.4. The molecule has 20 heavy (non-hydrogen) atoms. The lowest BCUT2D eigenvalue weighted by Gasteiger charge is -2.08. The van der Waals surface area contributed by atoms with E-state index in [1.807, 2.05) is 6.92 Å². The maximum atomic E-state index is 12.8. The van der Waals surface area contributed by atoms with Crippen LogP contribution in [0.3, 0.4) is 0 Å². The maximum absolute atomic E-state index is 12.8. The summed E-state index contributed by atoms with van der Waals surface area (Å²) in [5, 5.41) is 5.86. The number of hydrogen-bond donors (Lipinski definition) is 2. The Morgan fingerprint density at radius 3 is 2.65 bits per heavy atom. The molecule has 1 amide bonds. The first-order valence-corrected chi connectivity index (χ1v) is 6.45. The summed E-state index contributed by atoms with van der Waals surface area (Å²) in [6.45, 7) is 2.62. The van der Waals surface area contributed by atoms with E-state index in [2.05, 4.69) is 15.6 Å². The van der Waals surface area contributed by atoms with Gasteiger partial charge in [0.25, 0.3) is 5.91 Å². The number of pyridine rings is 1. The van der Waals surface area contributed by atoms with E-state index in [4.69, 9.17) is 0 Å². The minimum atomic E-state index is -0.290. The maximum Gasteiger partial charge on any atom is 0.252 e.